The summed E-state index contributed by atoms with van der Waals surface area (Å²) >= 11 is 0. The van der Waals surface area contributed by atoms with Crippen LogP contribution < -0.4 is 5.56 Å². The minimum Gasteiger partial charge on any atom is -0.312 e. The second-order valence-electron chi connectivity index (χ2n) is 4.05. The molecular formula is C12H16N2O3S. The Balaban J connectivity index is 2.87. The maximum Gasteiger partial charge on any atom is 0.268 e. The molecule has 0 saturated heterocycles. The van der Waals surface area contributed by atoms with Gasteiger partial charge in [-0.3, -0.25) is 4.79 Å². The Morgan fingerprint density at radius 3 is 2.61 bits per heavy atom. The molecule has 0 amide bonds. The van der Waals surface area contributed by atoms with Gasteiger partial charge in [0, 0.05) is 18.0 Å². The van der Waals surface area contributed by atoms with Crippen molar-refractivity contribution in [3.63, 3.8) is 0 Å². The Labute approximate surface area is 107 Å². The highest BCUT2D eigenvalue weighted by molar-refractivity contribution is 7.91. The van der Waals surface area contributed by atoms with Crippen LogP contribution in [0.5, 0.6) is 0 Å². The molecule has 6 heteroatoms. The molecule has 0 radical (unpaired) electrons. The third-order valence-corrected chi connectivity index (χ3v) is 4.58. The van der Waals surface area contributed by atoms with Crippen molar-refractivity contribution in [3.05, 3.63) is 33.7 Å². The van der Waals surface area contributed by atoms with Crippen molar-refractivity contribution in [3.8, 4) is 6.07 Å². The second kappa shape index (κ2) is 5.83. The molecule has 1 aromatic heterocycles. The first kappa shape index (κ1) is 14.5. The van der Waals surface area contributed by atoms with Gasteiger partial charge in [-0.2, -0.15) is 5.26 Å². The number of aryl methyl sites for hydroxylation is 1. The average molecular weight is 268 g/mol. The number of aromatic nitrogens is 1. The molecule has 0 N–H and O–H groups in total. The van der Waals surface area contributed by atoms with Gasteiger partial charge in [-0.1, -0.05) is 6.92 Å². The molecule has 1 aromatic rings. The Morgan fingerprint density at radius 1 is 1.39 bits per heavy atom. The molecular weight excluding hydrogens is 252 g/mol. The van der Waals surface area contributed by atoms with Crippen LogP contribution in [0.1, 0.15) is 24.6 Å². The van der Waals surface area contributed by atoms with E-state index in [0.717, 1.165) is 5.69 Å². The number of pyridine rings is 1. The smallest absolute Gasteiger partial charge is 0.268 e. The Hall–Kier alpha value is -1.61. The summed E-state index contributed by atoms with van der Waals surface area (Å²) in [6.07, 6.45) is 0.381. The van der Waals surface area contributed by atoms with E-state index in [1.165, 1.54) is 10.6 Å². The summed E-state index contributed by atoms with van der Waals surface area (Å²) in [5.74, 6) is 0.172. The first-order valence-corrected chi connectivity index (χ1v) is 7.54. The number of nitriles is 1. The predicted octanol–water partition coefficient (Wildman–Crippen LogP) is 0.853. The van der Waals surface area contributed by atoms with Crippen LogP contribution in [0, 0.1) is 18.3 Å². The van der Waals surface area contributed by atoms with E-state index in [9.17, 15) is 13.2 Å². The van der Waals surface area contributed by atoms with Crippen molar-refractivity contribution >= 4 is 9.84 Å². The van der Waals surface area contributed by atoms with Gasteiger partial charge in [0.1, 0.15) is 21.5 Å². The summed E-state index contributed by atoms with van der Waals surface area (Å²) < 4.78 is 24.1. The van der Waals surface area contributed by atoms with Crippen molar-refractivity contribution in [2.24, 2.45) is 0 Å². The van der Waals surface area contributed by atoms with Crippen LogP contribution in [-0.2, 0) is 16.4 Å². The van der Waals surface area contributed by atoms with E-state index in [2.05, 4.69) is 0 Å². The highest BCUT2D eigenvalue weighted by Crippen LogP contribution is 2.01. The zero-order valence-electron chi connectivity index (χ0n) is 10.5. The lowest BCUT2D eigenvalue weighted by Crippen LogP contribution is -2.25. The Morgan fingerprint density at radius 2 is 2.06 bits per heavy atom. The molecule has 5 nitrogen and oxygen atoms in total. The van der Waals surface area contributed by atoms with E-state index >= 15 is 0 Å². The Bertz CT molecular complexity index is 624. The maximum atomic E-state index is 11.8. The number of nitrogens with zero attached hydrogens (tertiary/aromatic N) is 2. The summed E-state index contributed by atoms with van der Waals surface area (Å²) in [5.41, 5.74) is 0.457. The van der Waals surface area contributed by atoms with Crippen LogP contribution in [0.4, 0.5) is 0 Å². The topological polar surface area (TPSA) is 79.9 Å². The standard InChI is InChI=1S/C12H16N2O3S/c1-3-18(16,17)8-4-7-14-10(2)5-6-11(9-13)12(14)15/h5-6H,3-4,7-8H2,1-2H3. The minimum atomic E-state index is -3.01. The Kier molecular flexibility index (Phi) is 4.68. The van der Waals surface area contributed by atoms with Crippen LogP contribution in [0.3, 0.4) is 0 Å². The van der Waals surface area contributed by atoms with E-state index < -0.39 is 9.84 Å². The van der Waals surface area contributed by atoms with Crippen molar-refractivity contribution in [2.75, 3.05) is 11.5 Å². The molecule has 1 heterocycles. The first-order chi connectivity index (χ1) is 8.41. The fourth-order valence-electron chi connectivity index (χ4n) is 1.62. The van der Waals surface area contributed by atoms with Gasteiger partial charge in [0.15, 0.2) is 0 Å². The summed E-state index contributed by atoms with van der Waals surface area (Å²) in [5, 5.41) is 8.77. The highest BCUT2D eigenvalue weighted by atomic mass is 32.2. The van der Waals surface area contributed by atoms with Gasteiger partial charge in [-0.15, -0.1) is 0 Å². The molecule has 18 heavy (non-hydrogen) atoms. The number of hydrogen-bond acceptors (Lipinski definition) is 4. The fraction of sp³-hybridized carbons (Fsp3) is 0.500. The van der Waals surface area contributed by atoms with Crippen molar-refractivity contribution < 1.29 is 8.42 Å². The minimum absolute atomic E-state index is 0.0617. The van der Waals surface area contributed by atoms with Crippen molar-refractivity contribution in [2.45, 2.75) is 26.8 Å². The molecule has 0 fully saturated rings. The molecule has 98 valence electrons. The number of sulfone groups is 1. The molecule has 0 aliphatic heterocycles. The lowest BCUT2D eigenvalue weighted by Gasteiger charge is -2.09. The van der Waals surface area contributed by atoms with Crippen LogP contribution in [0.15, 0.2) is 16.9 Å². The zero-order chi connectivity index (χ0) is 13.8. The van der Waals surface area contributed by atoms with Gasteiger partial charge in [-0.05, 0) is 25.5 Å². The fourth-order valence-corrected chi connectivity index (χ4v) is 2.48. The van der Waals surface area contributed by atoms with Crippen molar-refractivity contribution in [1.82, 2.24) is 4.57 Å². The molecule has 0 bridgehead atoms. The van der Waals surface area contributed by atoms with Crippen LogP contribution in [0.2, 0.25) is 0 Å². The van der Waals surface area contributed by atoms with Gasteiger partial charge in [-0.25, -0.2) is 8.42 Å². The summed E-state index contributed by atoms with van der Waals surface area (Å²) in [6.45, 7) is 3.68. The van der Waals surface area contributed by atoms with Gasteiger partial charge < -0.3 is 4.57 Å². The van der Waals surface area contributed by atoms with Gasteiger partial charge in [0.05, 0.1) is 5.75 Å². The summed E-state index contributed by atoms with van der Waals surface area (Å²) in [4.78, 5) is 11.8. The molecule has 0 spiro atoms. The van der Waals surface area contributed by atoms with E-state index in [0.29, 0.717) is 13.0 Å². The summed E-state index contributed by atoms with van der Waals surface area (Å²) in [6, 6.07) is 5.00. The van der Waals surface area contributed by atoms with E-state index in [4.69, 9.17) is 5.26 Å². The first-order valence-electron chi connectivity index (χ1n) is 5.72. The van der Waals surface area contributed by atoms with Crippen LogP contribution >= 0.6 is 0 Å². The van der Waals surface area contributed by atoms with Crippen molar-refractivity contribution in [1.29, 1.82) is 5.26 Å². The highest BCUT2D eigenvalue weighted by Gasteiger charge is 2.09. The predicted molar refractivity (Wildman–Crippen MR) is 69.1 cm³/mol. The van der Waals surface area contributed by atoms with E-state index in [1.807, 2.05) is 6.07 Å². The molecule has 0 aliphatic rings. The molecule has 0 atom stereocenters. The third kappa shape index (κ3) is 3.44. The largest absolute Gasteiger partial charge is 0.312 e. The summed E-state index contributed by atoms with van der Waals surface area (Å²) in [7, 11) is -3.01. The van der Waals surface area contributed by atoms with Gasteiger partial charge in [0.25, 0.3) is 5.56 Å². The molecule has 0 aromatic carbocycles. The van der Waals surface area contributed by atoms with Crippen LogP contribution in [0.25, 0.3) is 0 Å². The number of hydrogen-bond donors (Lipinski definition) is 0. The monoisotopic (exact) mass is 268 g/mol. The lowest BCUT2D eigenvalue weighted by atomic mass is 10.2. The van der Waals surface area contributed by atoms with E-state index in [-0.39, 0.29) is 22.6 Å². The van der Waals surface area contributed by atoms with E-state index in [1.54, 1.807) is 19.9 Å². The zero-order valence-corrected chi connectivity index (χ0v) is 11.3. The van der Waals surface area contributed by atoms with Gasteiger partial charge >= 0.3 is 0 Å². The maximum absolute atomic E-state index is 11.8. The van der Waals surface area contributed by atoms with Gasteiger partial charge in [0.2, 0.25) is 0 Å². The second-order valence-corrected chi connectivity index (χ2v) is 6.52. The lowest BCUT2D eigenvalue weighted by molar-refractivity contribution is 0.582. The normalized spacial score (nSPS) is 11.2. The molecule has 1 rings (SSSR count). The number of rotatable bonds is 5. The quantitative estimate of drug-likeness (QED) is 0.793. The molecule has 0 unspecified atom stereocenters. The van der Waals surface area contributed by atoms with Crippen LogP contribution in [-0.4, -0.2) is 24.5 Å². The SMILES string of the molecule is CCS(=O)(=O)CCCn1c(C)ccc(C#N)c1=O. The molecule has 0 aliphatic carbocycles. The average Bonchev–Trinajstić information content (AvgIpc) is 2.33. The third-order valence-electron chi connectivity index (χ3n) is 2.79. The molecule has 0 saturated carbocycles.